The van der Waals surface area contributed by atoms with E-state index in [1.54, 1.807) is 35.8 Å². The summed E-state index contributed by atoms with van der Waals surface area (Å²) < 4.78 is 23.8. The summed E-state index contributed by atoms with van der Waals surface area (Å²) in [6.07, 6.45) is 0. The van der Waals surface area contributed by atoms with E-state index in [1.807, 2.05) is 72.8 Å². The molecule has 3 heterocycles. The lowest BCUT2D eigenvalue weighted by atomic mass is 9.99. The second kappa shape index (κ2) is 13.0. The lowest BCUT2D eigenvalue weighted by Crippen LogP contribution is -2.48. The van der Waals surface area contributed by atoms with E-state index in [1.165, 1.54) is 11.8 Å². The van der Waals surface area contributed by atoms with Gasteiger partial charge in [-0.1, -0.05) is 36.4 Å². The van der Waals surface area contributed by atoms with Gasteiger partial charge in [0.05, 0.1) is 56.9 Å². The van der Waals surface area contributed by atoms with Crippen LogP contribution in [-0.2, 0) is 14.3 Å². The molecule has 10 nitrogen and oxygen atoms in total. The van der Waals surface area contributed by atoms with Gasteiger partial charge in [-0.25, -0.2) is 4.68 Å². The first kappa shape index (κ1) is 29.6. The van der Waals surface area contributed by atoms with Crippen LogP contribution in [0, 0.1) is 0 Å². The van der Waals surface area contributed by atoms with Crippen molar-refractivity contribution in [2.24, 2.45) is 0 Å². The molecule has 2 aliphatic heterocycles. The highest BCUT2D eigenvalue weighted by Gasteiger charge is 2.38. The molecular weight excluding hydrogens is 580 g/mol. The van der Waals surface area contributed by atoms with Gasteiger partial charge in [0.15, 0.2) is 11.5 Å². The van der Waals surface area contributed by atoms with Crippen LogP contribution < -0.4 is 19.1 Å². The SMILES string of the molecule is COc1ccc(-n2nc(-c3ccccc3)c3c2N(CC(=O)N2CCOCC2)C(=O)CSC3c2ccc(OC)c(OC)c2)cc1. The lowest BCUT2D eigenvalue weighted by molar-refractivity contribution is -0.134. The van der Waals surface area contributed by atoms with Crippen molar-refractivity contribution >= 4 is 29.4 Å². The zero-order valence-electron chi connectivity index (χ0n) is 24.9. The maximum absolute atomic E-state index is 14.0. The van der Waals surface area contributed by atoms with Gasteiger partial charge in [0.1, 0.15) is 18.1 Å². The van der Waals surface area contributed by atoms with Gasteiger partial charge in [0.25, 0.3) is 0 Å². The minimum atomic E-state index is -0.306. The average Bonchev–Trinajstić information content (AvgIpc) is 3.41. The van der Waals surface area contributed by atoms with Crippen molar-refractivity contribution in [3.05, 3.63) is 83.9 Å². The van der Waals surface area contributed by atoms with Crippen molar-refractivity contribution < 1.29 is 28.5 Å². The highest BCUT2D eigenvalue weighted by Crippen LogP contribution is 2.49. The van der Waals surface area contributed by atoms with Crippen molar-refractivity contribution in [3.8, 4) is 34.2 Å². The Hall–Kier alpha value is -4.48. The number of fused-ring (bicyclic) bond motifs is 1. The monoisotopic (exact) mass is 614 g/mol. The highest BCUT2D eigenvalue weighted by molar-refractivity contribution is 8.00. The number of methoxy groups -OCH3 is 3. The Bertz CT molecular complexity index is 1640. The maximum Gasteiger partial charge on any atom is 0.242 e. The van der Waals surface area contributed by atoms with Crippen LogP contribution in [0.1, 0.15) is 16.4 Å². The van der Waals surface area contributed by atoms with Crippen molar-refractivity contribution in [1.29, 1.82) is 0 Å². The van der Waals surface area contributed by atoms with E-state index in [9.17, 15) is 9.59 Å². The molecule has 1 unspecified atom stereocenters. The minimum Gasteiger partial charge on any atom is -0.497 e. The number of hydrogen-bond acceptors (Lipinski definition) is 8. The average molecular weight is 615 g/mol. The fourth-order valence-electron chi connectivity index (χ4n) is 5.56. The number of rotatable bonds is 8. The molecule has 1 saturated heterocycles. The topological polar surface area (TPSA) is 95.4 Å². The Morgan fingerprint density at radius 1 is 0.932 bits per heavy atom. The van der Waals surface area contributed by atoms with Crippen LogP contribution in [0.3, 0.4) is 0 Å². The number of aromatic nitrogens is 2. The smallest absolute Gasteiger partial charge is 0.242 e. The molecule has 0 radical (unpaired) electrons. The van der Waals surface area contributed by atoms with E-state index in [0.29, 0.717) is 49.4 Å². The zero-order chi connectivity index (χ0) is 30.6. The second-order valence-corrected chi connectivity index (χ2v) is 11.4. The third-order valence-electron chi connectivity index (χ3n) is 7.82. The normalized spacial score (nSPS) is 16.7. The third kappa shape index (κ3) is 5.72. The molecule has 0 aliphatic carbocycles. The number of hydrogen-bond donors (Lipinski definition) is 0. The molecule has 228 valence electrons. The van der Waals surface area contributed by atoms with Crippen LogP contribution >= 0.6 is 11.8 Å². The number of thioether (sulfide) groups is 1. The molecule has 1 atom stereocenters. The molecule has 4 aromatic rings. The minimum absolute atomic E-state index is 0.110. The second-order valence-electron chi connectivity index (χ2n) is 10.3. The zero-order valence-corrected chi connectivity index (χ0v) is 25.7. The first-order chi connectivity index (χ1) is 21.5. The fraction of sp³-hybridized carbons (Fsp3) is 0.303. The van der Waals surface area contributed by atoms with Gasteiger partial charge in [0.2, 0.25) is 11.8 Å². The number of benzene rings is 3. The number of ether oxygens (including phenoxy) is 4. The van der Waals surface area contributed by atoms with Crippen molar-refractivity contribution in [1.82, 2.24) is 14.7 Å². The predicted molar refractivity (Wildman–Crippen MR) is 169 cm³/mol. The van der Waals surface area contributed by atoms with Gasteiger partial charge in [-0.3, -0.25) is 14.5 Å². The van der Waals surface area contributed by atoms with Crippen LogP contribution in [0.2, 0.25) is 0 Å². The molecule has 6 rings (SSSR count). The number of anilines is 1. The van der Waals surface area contributed by atoms with Gasteiger partial charge < -0.3 is 23.8 Å². The molecule has 11 heteroatoms. The molecular formula is C33H34N4O6S. The molecule has 1 fully saturated rings. The molecule has 1 aromatic heterocycles. The summed E-state index contributed by atoms with van der Waals surface area (Å²) >= 11 is 1.50. The van der Waals surface area contributed by atoms with Crippen LogP contribution in [0.4, 0.5) is 5.82 Å². The molecule has 2 amide bonds. The number of amides is 2. The Morgan fingerprint density at radius 2 is 1.66 bits per heavy atom. The summed E-state index contributed by atoms with van der Waals surface area (Å²) in [7, 11) is 4.82. The van der Waals surface area contributed by atoms with E-state index in [2.05, 4.69) is 0 Å². The Labute approximate surface area is 260 Å². The summed E-state index contributed by atoms with van der Waals surface area (Å²) in [6.45, 7) is 1.82. The predicted octanol–water partition coefficient (Wildman–Crippen LogP) is 4.59. The quantitative estimate of drug-likeness (QED) is 0.285. The number of morpholine rings is 1. The fourth-order valence-corrected chi connectivity index (χ4v) is 6.75. The Kier molecular flexibility index (Phi) is 8.76. The van der Waals surface area contributed by atoms with Gasteiger partial charge >= 0.3 is 0 Å². The van der Waals surface area contributed by atoms with E-state index in [4.69, 9.17) is 24.0 Å². The summed E-state index contributed by atoms with van der Waals surface area (Å²) in [5.41, 5.74) is 4.12. The van der Waals surface area contributed by atoms with Gasteiger partial charge in [-0.15, -0.1) is 11.8 Å². The molecule has 0 spiro atoms. The molecule has 2 aliphatic rings. The van der Waals surface area contributed by atoms with Crippen molar-refractivity contribution in [3.63, 3.8) is 0 Å². The molecule has 3 aromatic carbocycles. The van der Waals surface area contributed by atoms with Crippen molar-refractivity contribution in [2.45, 2.75) is 5.25 Å². The number of carbonyl (C=O) groups excluding carboxylic acids is 2. The van der Waals surface area contributed by atoms with Crippen LogP contribution in [-0.4, -0.2) is 86.4 Å². The van der Waals surface area contributed by atoms with E-state index >= 15 is 0 Å². The van der Waals surface area contributed by atoms with Gasteiger partial charge in [0, 0.05) is 24.2 Å². The molecule has 0 N–H and O–H groups in total. The largest absolute Gasteiger partial charge is 0.497 e. The van der Waals surface area contributed by atoms with Crippen LogP contribution in [0.5, 0.6) is 17.2 Å². The Morgan fingerprint density at radius 3 is 2.34 bits per heavy atom. The van der Waals surface area contributed by atoms with Crippen molar-refractivity contribution in [2.75, 3.05) is 64.8 Å². The van der Waals surface area contributed by atoms with E-state index in [-0.39, 0.29) is 29.4 Å². The first-order valence-corrected chi connectivity index (χ1v) is 15.4. The summed E-state index contributed by atoms with van der Waals surface area (Å²) in [6, 6.07) is 23.2. The standard InChI is InChI=1S/C33H34N4O6S/c1-40-25-12-10-24(11-13-25)37-33-30(31(34-37)22-7-5-4-6-8-22)32(23-9-14-26(41-2)27(19-23)42-3)44-21-29(39)36(33)20-28(38)35-15-17-43-18-16-35/h4-14,19,32H,15-18,20-21H2,1-3H3. The lowest BCUT2D eigenvalue weighted by Gasteiger charge is -2.30. The summed E-state index contributed by atoms with van der Waals surface area (Å²) in [4.78, 5) is 31.0. The highest BCUT2D eigenvalue weighted by atomic mass is 32.2. The first-order valence-electron chi connectivity index (χ1n) is 14.3. The maximum atomic E-state index is 14.0. The molecule has 44 heavy (non-hydrogen) atoms. The Balaban J connectivity index is 1.58. The van der Waals surface area contributed by atoms with Crippen LogP contribution in [0.25, 0.3) is 16.9 Å². The third-order valence-corrected chi connectivity index (χ3v) is 9.08. The van der Waals surface area contributed by atoms with Gasteiger partial charge in [-0.2, -0.15) is 5.10 Å². The van der Waals surface area contributed by atoms with E-state index in [0.717, 1.165) is 28.1 Å². The molecule has 0 bridgehead atoms. The van der Waals surface area contributed by atoms with Crippen LogP contribution in [0.15, 0.2) is 72.8 Å². The molecule has 0 saturated carbocycles. The number of carbonyl (C=O) groups is 2. The van der Waals surface area contributed by atoms with E-state index < -0.39 is 0 Å². The number of nitrogens with zero attached hydrogens (tertiary/aromatic N) is 4. The summed E-state index contributed by atoms with van der Waals surface area (Å²) in [5, 5.41) is 4.85. The van der Waals surface area contributed by atoms with Gasteiger partial charge in [-0.05, 0) is 42.0 Å². The summed E-state index contributed by atoms with van der Waals surface area (Å²) in [5.74, 6) is 2.32.